The normalized spacial score (nSPS) is 10.3. The predicted molar refractivity (Wildman–Crippen MR) is 77.9 cm³/mol. The van der Waals surface area contributed by atoms with E-state index in [1.54, 1.807) is 6.20 Å². The lowest BCUT2D eigenvalue weighted by Gasteiger charge is -2.05. The molecular weight excluding hydrogens is 312 g/mol. The second-order valence-electron chi connectivity index (χ2n) is 3.94. The summed E-state index contributed by atoms with van der Waals surface area (Å²) in [5.41, 5.74) is 2.44. The van der Waals surface area contributed by atoms with Crippen LogP contribution in [0.4, 0.5) is 5.13 Å². The summed E-state index contributed by atoms with van der Waals surface area (Å²) in [5, 5.41) is 3.43. The van der Waals surface area contributed by atoms with E-state index in [9.17, 15) is 4.79 Å². The van der Waals surface area contributed by atoms with Gasteiger partial charge in [0.05, 0.1) is 9.98 Å². The van der Waals surface area contributed by atoms with Gasteiger partial charge in [-0.1, -0.05) is 35.6 Å². The first kappa shape index (κ1) is 13.2. The van der Waals surface area contributed by atoms with E-state index < -0.39 is 0 Å². The summed E-state index contributed by atoms with van der Waals surface area (Å²) in [4.78, 5) is 15.8. The SMILES string of the molecule is Cc1ccccc1CCC(=O)Nc1ncc(Br)s1. The maximum Gasteiger partial charge on any atom is 0.226 e. The second kappa shape index (κ2) is 6.11. The lowest BCUT2D eigenvalue weighted by molar-refractivity contribution is -0.116. The number of aromatic nitrogens is 1. The molecule has 94 valence electrons. The minimum absolute atomic E-state index is 0.0000954. The molecule has 0 aliphatic carbocycles. The molecule has 0 saturated heterocycles. The van der Waals surface area contributed by atoms with Crippen LogP contribution in [0.15, 0.2) is 34.2 Å². The van der Waals surface area contributed by atoms with Gasteiger partial charge in [-0.25, -0.2) is 4.98 Å². The van der Waals surface area contributed by atoms with Crippen LogP contribution in [0.2, 0.25) is 0 Å². The Morgan fingerprint density at radius 1 is 1.44 bits per heavy atom. The van der Waals surface area contributed by atoms with Crippen molar-refractivity contribution in [1.29, 1.82) is 0 Å². The van der Waals surface area contributed by atoms with Crippen molar-refractivity contribution in [2.45, 2.75) is 19.8 Å². The summed E-state index contributed by atoms with van der Waals surface area (Å²) >= 11 is 4.73. The molecule has 1 aromatic heterocycles. The molecule has 0 radical (unpaired) electrons. The molecule has 0 unspecified atom stereocenters. The first-order valence-corrected chi connectivity index (χ1v) is 7.22. The number of nitrogens with zero attached hydrogens (tertiary/aromatic N) is 1. The highest BCUT2D eigenvalue weighted by molar-refractivity contribution is 9.11. The van der Waals surface area contributed by atoms with Crippen LogP contribution < -0.4 is 5.32 Å². The molecule has 18 heavy (non-hydrogen) atoms. The molecule has 1 aromatic carbocycles. The average molecular weight is 325 g/mol. The van der Waals surface area contributed by atoms with E-state index in [0.717, 1.165) is 10.2 Å². The molecular formula is C13H13BrN2OS. The van der Waals surface area contributed by atoms with Gasteiger partial charge in [-0.15, -0.1) is 0 Å². The fraction of sp³-hybridized carbons (Fsp3) is 0.231. The fourth-order valence-electron chi connectivity index (χ4n) is 1.63. The van der Waals surface area contributed by atoms with E-state index in [-0.39, 0.29) is 5.91 Å². The number of amides is 1. The van der Waals surface area contributed by atoms with Crippen LogP contribution in [-0.2, 0) is 11.2 Å². The van der Waals surface area contributed by atoms with Gasteiger partial charge in [0.2, 0.25) is 5.91 Å². The summed E-state index contributed by atoms with van der Waals surface area (Å²) in [6.07, 6.45) is 2.91. The minimum Gasteiger partial charge on any atom is -0.302 e. The summed E-state index contributed by atoms with van der Waals surface area (Å²) in [6, 6.07) is 8.12. The highest BCUT2D eigenvalue weighted by atomic mass is 79.9. The highest BCUT2D eigenvalue weighted by Gasteiger charge is 2.06. The van der Waals surface area contributed by atoms with Crippen molar-refractivity contribution in [2.24, 2.45) is 0 Å². The number of rotatable bonds is 4. The number of anilines is 1. The van der Waals surface area contributed by atoms with Crippen molar-refractivity contribution in [3.63, 3.8) is 0 Å². The Bertz CT molecular complexity index is 553. The van der Waals surface area contributed by atoms with Gasteiger partial charge in [-0.3, -0.25) is 4.79 Å². The van der Waals surface area contributed by atoms with Crippen LogP contribution in [0.25, 0.3) is 0 Å². The van der Waals surface area contributed by atoms with Crippen molar-refractivity contribution >= 4 is 38.3 Å². The first-order chi connectivity index (χ1) is 8.65. The Labute approximate surface area is 118 Å². The third kappa shape index (κ3) is 3.65. The number of carbonyl (C=O) groups excluding carboxylic acids is 1. The van der Waals surface area contributed by atoms with E-state index in [0.29, 0.717) is 11.6 Å². The van der Waals surface area contributed by atoms with Gasteiger partial charge in [0, 0.05) is 6.42 Å². The molecule has 3 nitrogen and oxygen atoms in total. The van der Waals surface area contributed by atoms with Crippen LogP contribution >= 0.6 is 27.3 Å². The van der Waals surface area contributed by atoms with Gasteiger partial charge in [-0.2, -0.15) is 0 Å². The molecule has 0 atom stereocenters. The van der Waals surface area contributed by atoms with Gasteiger partial charge in [0.25, 0.3) is 0 Å². The molecule has 2 aromatic rings. The molecule has 2 rings (SSSR count). The van der Waals surface area contributed by atoms with Crippen molar-refractivity contribution in [3.05, 3.63) is 45.4 Å². The number of halogens is 1. The van der Waals surface area contributed by atoms with Crippen molar-refractivity contribution in [3.8, 4) is 0 Å². The predicted octanol–water partition coefficient (Wildman–Crippen LogP) is 3.79. The van der Waals surface area contributed by atoms with Crippen LogP contribution in [0.5, 0.6) is 0 Å². The molecule has 1 heterocycles. The van der Waals surface area contributed by atoms with Crippen molar-refractivity contribution < 1.29 is 4.79 Å². The zero-order chi connectivity index (χ0) is 13.0. The average Bonchev–Trinajstić information content (AvgIpc) is 2.74. The van der Waals surface area contributed by atoms with Crippen molar-refractivity contribution in [2.75, 3.05) is 5.32 Å². The Morgan fingerprint density at radius 3 is 2.89 bits per heavy atom. The third-order valence-corrected chi connectivity index (χ3v) is 4.00. The van der Waals surface area contributed by atoms with Gasteiger partial charge in [0.1, 0.15) is 0 Å². The number of aryl methyl sites for hydroxylation is 2. The van der Waals surface area contributed by atoms with Gasteiger partial charge >= 0.3 is 0 Å². The fourth-order valence-corrected chi connectivity index (χ4v) is 2.76. The monoisotopic (exact) mass is 324 g/mol. The number of hydrogen-bond acceptors (Lipinski definition) is 3. The summed E-state index contributed by atoms with van der Waals surface area (Å²) in [6.45, 7) is 2.06. The Morgan fingerprint density at radius 2 is 2.22 bits per heavy atom. The van der Waals surface area contributed by atoms with E-state index in [1.807, 2.05) is 12.1 Å². The van der Waals surface area contributed by atoms with E-state index in [2.05, 4.69) is 45.3 Å². The zero-order valence-electron chi connectivity index (χ0n) is 9.94. The molecule has 1 N–H and O–H groups in total. The molecule has 0 spiro atoms. The topological polar surface area (TPSA) is 42.0 Å². The van der Waals surface area contributed by atoms with Crippen LogP contribution in [0.3, 0.4) is 0 Å². The number of hydrogen-bond donors (Lipinski definition) is 1. The first-order valence-electron chi connectivity index (χ1n) is 5.61. The van der Waals surface area contributed by atoms with Crippen LogP contribution in [0, 0.1) is 6.92 Å². The quantitative estimate of drug-likeness (QED) is 0.929. The van der Waals surface area contributed by atoms with E-state index in [4.69, 9.17) is 0 Å². The van der Waals surface area contributed by atoms with Gasteiger partial charge in [0.15, 0.2) is 5.13 Å². The minimum atomic E-state index is 0.0000954. The van der Waals surface area contributed by atoms with E-state index in [1.165, 1.54) is 22.5 Å². The van der Waals surface area contributed by atoms with Crippen LogP contribution in [-0.4, -0.2) is 10.9 Å². The maximum atomic E-state index is 11.7. The molecule has 5 heteroatoms. The summed E-state index contributed by atoms with van der Waals surface area (Å²) in [7, 11) is 0. The number of benzene rings is 1. The molecule has 0 aliphatic heterocycles. The maximum absolute atomic E-state index is 11.7. The number of nitrogens with one attached hydrogen (secondary N) is 1. The summed E-state index contributed by atoms with van der Waals surface area (Å²) < 4.78 is 0.914. The van der Waals surface area contributed by atoms with Gasteiger partial charge < -0.3 is 5.32 Å². The lowest BCUT2D eigenvalue weighted by Crippen LogP contribution is -2.12. The smallest absolute Gasteiger partial charge is 0.226 e. The lowest BCUT2D eigenvalue weighted by atomic mass is 10.0. The van der Waals surface area contributed by atoms with Crippen molar-refractivity contribution in [1.82, 2.24) is 4.98 Å². The summed E-state index contributed by atoms with van der Waals surface area (Å²) in [5.74, 6) is 0.0000954. The molecule has 0 fully saturated rings. The zero-order valence-corrected chi connectivity index (χ0v) is 12.3. The van der Waals surface area contributed by atoms with Crippen LogP contribution in [0.1, 0.15) is 17.5 Å². The molecule has 0 aliphatic rings. The second-order valence-corrected chi connectivity index (χ2v) is 6.35. The molecule has 0 saturated carbocycles. The Hall–Kier alpha value is -1.20. The van der Waals surface area contributed by atoms with E-state index >= 15 is 0 Å². The highest BCUT2D eigenvalue weighted by Crippen LogP contribution is 2.23. The Balaban J connectivity index is 1.87. The van der Waals surface area contributed by atoms with Gasteiger partial charge in [-0.05, 0) is 40.4 Å². The number of carbonyl (C=O) groups is 1. The number of thiazole rings is 1. The standard InChI is InChI=1S/C13H13BrN2OS/c1-9-4-2-3-5-10(9)6-7-12(17)16-13-15-8-11(14)18-13/h2-5,8H,6-7H2,1H3,(H,15,16,17). The third-order valence-electron chi connectivity index (χ3n) is 2.61. The molecule has 0 bridgehead atoms. The largest absolute Gasteiger partial charge is 0.302 e. The Kier molecular flexibility index (Phi) is 4.49. The molecule has 1 amide bonds.